The zero-order chi connectivity index (χ0) is 15.6. The van der Waals surface area contributed by atoms with Crippen molar-refractivity contribution in [1.29, 1.82) is 5.26 Å². The first kappa shape index (κ1) is 14.9. The Hall–Kier alpha value is -1.61. The van der Waals surface area contributed by atoms with E-state index in [0.717, 1.165) is 4.88 Å². The Balaban J connectivity index is 1.57. The molecule has 1 aliphatic rings. The molecular weight excluding hydrogens is 340 g/mol. The molecule has 1 saturated heterocycles. The van der Waals surface area contributed by atoms with E-state index in [1.165, 1.54) is 56.9 Å². The van der Waals surface area contributed by atoms with Crippen LogP contribution in [0.1, 0.15) is 24.1 Å². The first-order chi connectivity index (χ1) is 11.3. The van der Waals surface area contributed by atoms with Gasteiger partial charge in [-0.3, -0.25) is 0 Å². The highest BCUT2D eigenvalue weighted by atomic mass is 32.1. The summed E-state index contributed by atoms with van der Waals surface area (Å²) in [7, 11) is 0. The van der Waals surface area contributed by atoms with Crippen LogP contribution in [0.2, 0.25) is 0 Å². The Bertz CT molecular complexity index is 844. The fourth-order valence-corrected chi connectivity index (χ4v) is 5.93. The lowest BCUT2D eigenvalue weighted by Crippen LogP contribution is -2.28. The molecule has 0 unspecified atom stereocenters. The van der Waals surface area contributed by atoms with Crippen LogP contribution in [0.15, 0.2) is 36.4 Å². The number of hydrogen-bond acceptors (Lipinski definition) is 5. The van der Waals surface area contributed by atoms with Gasteiger partial charge in [-0.05, 0) is 55.7 Å². The molecule has 0 amide bonds. The average Bonchev–Trinajstić information content (AvgIpc) is 3.33. The summed E-state index contributed by atoms with van der Waals surface area (Å²) in [6, 6.07) is 15.1. The van der Waals surface area contributed by atoms with Gasteiger partial charge in [-0.1, -0.05) is 0 Å². The minimum absolute atomic E-state index is 0.776. The zero-order valence-corrected chi connectivity index (χ0v) is 15.1. The normalized spacial score (nSPS) is 14.8. The summed E-state index contributed by atoms with van der Waals surface area (Å²) in [4.78, 5) is 8.40. The van der Waals surface area contributed by atoms with E-state index in [4.69, 9.17) is 5.26 Å². The van der Waals surface area contributed by atoms with E-state index in [2.05, 4.69) is 35.2 Å². The third-order valence-corrected chi connectivity index (χ3v) is 7.68. The van der Waals surface area contributed by atoms with Gasteiger partial charge in [-0.2, -0.15) is 5.26 Å². The smallest absolute Gasteiger partial charge is 0.110 e. The maximum absolute atomic E-state index is 8.97. The van der Waals surface area contributed by atoms with Crippen LogP contribution in [-0.2, 0) is 0 Å². The second-order valence-corrected chi connectivity index (χ2v) is 8.85. The number of hydrogen-bond donors (Lipinski definition) is 0. The quantitative estimate of drug-likeness (QED) is 0.570. The van der Waals surface area contributed by atoms with Gasteiger partial charge in [0.2, 0.25) is 0 Å². The summed E-state index contributed by atoms with van der Waals surface area (Å²) < 4.78 is 0. The molecule has 0 atom stereocenters. The summed E-state index contributed by atoms with van der Waals surface area (Å²) >= 11 is 5.28. The predicted molar refractivity (Wildman–Crippen MR) is 102 cm³/mol. The lowest BCUT2D eigenvalue weighted by molar-refractivity contribution is 0.580. The van der Waals surface area contributed by atoms with Crippen molar-refractivity contribution in [3.63, 3.8) is 0 Å². The fourth-order valence-electron chi connectivity index (χ4n) is 2.88. The Morgan fingerprint density at radius 1 is 0.739 bits per heavy atom. The van der Waals surface area contributed by atoms with Crippen LogP contribution in [0.4, 0.5) is 5.00 Å². The van der Waals surface area contributed by atoms with Crippen LogP contribution in [0.25, 0.3) is 19.5 Å². The third kappa shape index (κ3) is 3.07. The van der Waals surface area contributed by atoms with Crippen molar-refractivity contribution in [1.82, 2.24) is 0 Å². The van der Waals surface area contributed by atoms with E-state index in [9.17, 15) is 0 Å². The first-order valence-corrected chi connectivity index (χ1v) is 10.2. The van der Waals surface area contributed by atoms with Gasteiger partial charge in [0.25, 0.3) is 0 Å². The van der Waals surface area contributed by atoms with E-state index >= 15 is 0 Å². The summed E-state index contributed by atoms with van der Waals surface area (Å²) in [5.74, 6) is 0. The second-order valence-electron chi connectivity index (χ2n) is 5.63. The molecule has 0 radical (unpaired) electrons. The van der Waals surface area contributed by atoms with Crippen molar-refractivity contribution in [3.8, 4) is 25.6 Å². The van der Waals surface area contributed by atoms with Gasteiger partial charge >= 0.3 is 0 Å². The molecule has 3 aromatic heterocycles. The summed E-state index contributed by atoms with van der Waals surface area (Å²) in [6.07, 6.45) is 4.00. The van der Waals surface area contributed by atoms with Crippen molar-refractivity contribution >= 4 is 39.0 Å². The van der Waals surface area contributed by atoms with Crippen molar-refractivity contribution in [2.24, 2.45) is 0 Å². The largest absolute Gasteiger partial charge is 0.363 e. The molecule has 0 aliphatic carbocycles. The Labute approximate surface area is 148 Å². The molecule has 1 aliphatic heterocycles. The predicted octanol–water partition coefficient (Wildman–Crippen LogP) is 6.07. The maximum Gasteiger partial charge on any atom is 0.110 e. The molecule has 4 heterocycles. The molecule has 5 heteroatoms. The van der Waals surface area contributed by atoms with Gasteiger partial charge in [0.1, 0.15) is 10.9 Å². The Morgan fingerprint density at radius 3 is 2.04 bits per heavy atom. The summed E-state index contributed by atoms with van der Waals surface area (Å²) in [5, 5.41) is 10.4. The molecule has 3 aromatic rings. The molecule has 116 valence electrons. The van der Waals surface area contributed by atoms with E-state index in [1.54, 1.807) is 11.3 Å². The van der Waals surface area contributed by atoms with Crippen molar-refractivity contribution < 1.29 is 0 Å². The number of nitrogens with zero attached hydrogens (tertiary/aromatic N) is 2. The second kappa shape index (κ2) is 6.48. The van der Waals surface area contributed by atoms with Crippen LogP contribution in [-0.4, -0.2) is 13.1 Å². The van der Waals surface area contributed by atoms with Crippen LogP contribution in [0.3, 0.4) is 0 Å². The number of anilines is 1. The van der Waals surface area contributed by atoms with Crippen molar-refractivity contribution in [2.45, 2.75) is 19.3 Å². The Morgan fingerprint density at radius 2 is 1.35 bits per heavy atom. The van der Waals surface area contributed by atoms with Crippen LogP contribution in [0, 0.1) is 11.3 Å². The summed E-state index contributed by atoms with van der Waals surface area (Å²) in [5.41, 5.74) is 0. The van der Waals surface area contributed by atoms with Gasteiger partial charge in [-0.25, -0.2) is 0 Å². The van der Waals surface area contributed by atoms with Crippen molar-refractivity contribution in [2.75, 3.05) is 18.0 Å². The minimum atomic E-state index is 0.776. The number of rotatable bonds is 3. The molecule has 0 aromatic carbocycles. The molecule has 2 nitrogen and oxygen atoms in total. The monoisotopic (exact) mass is 356 g/mol. The maximum atomic E-state index is 8.97. The molecule has 23 heavy (non-hydrogen) atoms. The number of thiophene rings is 3. The van der Waals surface area contributed by atoms with E-state index in [-0.39, 0.29) is 0 Å². The fraction of sp³-hybridized carbons (Fsp3) is 0.278. The van der Waals surface area contributed by atoms with Gasteiger partial charge < -0.3 is 4.90 Å². The van der Waals surface area contributed by atoms with Crippen LogP contribution < -0.4 is 4.90 Å². The SMILES string of the molecule is N#Cc1ccc(-c2ccc(-c3ccc(N4CCCCC4)s3)s2)s1. The number of nitriles is 1. The van der Waals surface area contributed by atoms with E-state index < -0.39 is 0 Å². The molecule has 0 saturated carbocycles. The topological polar surface area (TPSA) is 27.0 Å². The van der Waals surface area contributed by atoms with Crippen LogP contribution >= 0.6 is 34.0 Å². The lowest BCUT2D eigenvalue weighted by atomic mass is 10.1. The lowest BCUT2D eigenvalue weighted by Gasteiger charge is -2.27. The van der Waals surface area contributed by atoms with Crippen LogP contribution in [0.5, 0.6) is 0 Å². The van der Waals surface area contributed by atoms with E-state index in [0.29, 0.717) is 0 Å². The highest BCUT2D eigenvalue weighted by Crippen LogP contribution is 2.41. The average molecular weight is 357 g/mol. The van der Waals surface area contributed by atoms with Gasteiger partial charge in [0.05, 0.1) is 5.00 Å². The minimum Gasteiger partial charge on any atom is -0.363 e. The first-order valence-electron chi connectivity index (χ1n) is 7.79. The molecule has 0 bridgehead atoms. The molecule has 0 spiro atoms. The van der Waals surface area contributed by atoms with Gasteiger partial charge in [-0.15, -0.1) is 34.0 Å². The summed E-state index contributed by atoms with van der Waals surface area (Å²) in [6.45, 7) is 2.39. The highest BCUT2D eigenvalue weighted by molar-refractivity contribution is 7.27. The molecule has 0 N–H and O–H groups in total. The highest BCUT2D eigenvalue weighted by Gasteiger charge is 2.14. The van der Waals surface area contributed by atoms with E-state index in [1.807, 2.05) is 34.8 Å². The van der Waals surface area contributed by atoms with Gasteiger partial charge in [0.15, 0.2) is 0 Å². The standard InChI is InChI=1S/C18H16N2S3/c19-12-13-4-5-14(21-13)15-6-7-16(22-15)17-8-9-18(23-17)20-10-2-1-3-11-20/h4-9H,1-3,10-11H2. The number of piperidine rings is 1. The zero-order valence-electron chi connectivity index (χ0n) is 12.6. The molecule has 4 rings (SSSR count). The van der Waals surface area contributed by atoms with Crippen molar-refractivity contribution in [3.05, 3.63) is 41.3 Å². The Kier molecular flexibility index (Phi) is 4.21. The van der Waals surface area contributed by atoms with Gasteiger partial charge in [0, 0.05) is 32.6 Å². The third-order valence-electron chi connectivity index (χ3n) is 4.07. The molecule has 1 fully saturated rings. The molecular formula is C18H16N2S3.